The molecule has 222 valence electrons. The molecule has 4 nitrogen and oxygen atoms in total. The van der Waals surface area contributed by atoms with Crippen LogP contribution in [0.25, 0.3) is 77.2 Å². The Morgan fingerprint density at radius 1 is 0.417 bits per heavy atom. The molecule has 0 atom stereocenters. The van der Waals surface area contributed by atoms with Gasteiger partial charge in [0.2, 0.25) is 0 Å². The number of hydrogen-bond acceptors (Lipinski definition) is 2. The van der Waals surface area contributed by atoms with Crippen LogP contribution in [0.4, 0.5) is 0 Å². The van der Waals surface area contributed by atoms with Crippen molar-refractivity contribution >= 4 is 43.6 Å². The van der Waals surface area contributed by atoms with E-state index in [0.717, 1.165) is 66.5 Å². The fourth-order valence-electron chi connectivity index (χ4n) is 7.38. The third-order valence-electron chi connectivity index (χ3n) is 9.39. The van der Waals surface area contributed by atoms with Gasteiger partial charge in [0.25, 0.3) is 0 Å². The standard InChI is InChI=1S/C44H26N4/c45-27-29-23-24-43(48-41-21-7-3-16-35(41)36-17-4-8-22-42(36)48)38(25-29)37-18-10-12-31(28-46)44(37)30-11-9-13-32(26-30)47-39-19-5-1-14-33(39)34-15-2-6-20-40(34)47/h1-26H. The molecule has 0 aliphatic rings. The first-order valence-corrected chi connectivity index (χ1v) is 15.9. The zero-order valence-corrected chi connectivity index (χ0v) is 25.8. The van der Waals surface area contributed by atoms with Gasteiger partial charge in [-0.15, -0.1) is 0 Å². The summed E-state index contributed by atoms with van der Waals surface area (Å²) in [6.45, 7) is 0. The minimum Gasteiger partial charge on any atom is -0.309 e. The Morgan fingerprint density at radius 3 is 1.52 bits per heavy atom. The van der Waals surface area contributed by atoms with E-state index >= 15 is 0 Å². The molecule has 2 heterocycles. The van der Waals surface area contributed by atoms with Crippen LogP contribution in [0.3, 0.4) is 0 Å². The Bertz CT molecular complexity index is 2710. The largest absolute Gasteiger partial charge is 0.309 e. The fourth-order valence-corrected chi connectivity index (χ4v) is 7.38. The van der Waals surface area contributed by atoms with Gasteiger partial charge < -0.3 is 9.13 Å². The summed E-state index contributed by atoms with van der Waals surface area (Å²) in [4.78, 5) is 0. The first-order valence-electron chi connectivity index (χ1n) is 15.9. The Morgan fingerprint density at radius 2 is 0.958 bits per heavy atom. The topological polar surface area (TPSA) is 57.4 Å². The smallest absolute Gasteiger partial charge is 0.0998 e. The second-order valence-electron chi connectivity index (χ2n) is 12.0. The summed E-state index contributed by atoms with van der Waals surface area (Å²) in [5, 5.41) is 25.3. The summed E-state index contributed by atoms with van der Waals surface area (Å²) < 4.78 is 4.57. The quantitative estimate of drug-likeness (QED) is 0.199. The molecule has 9 aromatic rings. The highest BCUT2D eigenvalue weighted by atomic mass is 15.0. The molecule has 0 spiro atoms. The summed E-state index contributed by atoms with van der Waals surface area (Å²) >= 11 is 0. The van der Waals surface area contributed by atoms with Gasteiger partial charge >= 0.3 is 0 Å². The lowest BCUT2D eigenvalue weighted by Crippen LogP contribution is -2.00. The molecule has 4 heteroatoms. The molecule has 0 radical (unpaired) electrons. The highest BCUT2D eigenvalue weighted by molar-refractivity contribution is 6.11. The van der Waals surface area contributed by atoms with Gasteiger partial charge in [0, 0.05) is 38.4 Å². The summed E-state index contributed by atoms with van der Waals surface area (Å²) in [7, 11) is 0. The molecule has 0 aliphatic heterocycles. The van der Waals surface area contributed by atoms with Gasteiger partial charge in [0.15, 0.2) is 0 Å². The highest BCUT2D eigenvalue weighted by Gasteiger charge is 2.21. The lowest BCUT2D eigenvalue weighted by Gasteiger charge is -2.19. The second kappa shape index (κ2) is 10.9. The molecule has 0 fully saturated rings. The SMILES string of the molecule is N#Cc1ccc(-n2c3ccccc3c3ccccc32)c(-c2cccc(C#N)c2-c2cccc(-n3c4ccccc4c4ccccc43)c2)c1. The van der Waals surface area contributed by atoms with Crippen molar-refractivity contribution in [2.45, 2.75) is 0 Å². The molecule has 0 amide bonds. The van der Waals surface area contributed by atoms with Crippen molar-refractivity contribution in [2.75, 3.05) is 0 Å². The van der Waals surface area contributed by atoms with E-state index in [0.29, 0.717) is 11.1 Å². The predicted octanol–water partition coefficient (Wildman–Crippen LogP) is 11.0. The van der Waals surface area contributed by atoms with E-state index in [1.807, 2.05) is 30.3 Å². The van der Waals surface area contributed by atoms with Gasteiger partial charge in [-0.3, -0.25) is 0 Å². The second-order valence-corrected chi connectivity index (χ2v) is 12.0. The summed E-state index contributed by atoms with van der Waals surface area (Å²) in [5.74, 6) is 0. The van der Waals surface area contributed by atoms with Crippen LogP contribution >= 0.6 is 0 Å². The average molecular weight is 611 g/mol. The van der Waals surface area contributed by atoms with Crippen molar-refractivity contribution < 1.29 is 0 Å². The van der Waals surface area contributed by atoms with Crippen molar-refractivity contribution in [2.24, 2.45) is 0 Å². The average Bonchev–Trinajstić information content (AvgIpc) is 3.67. The maximum absolute atomic E-state index is 10.5. The van der Waals surface area contributed by atoms with Gasteiger partial charge in [0.05, 0.1) is 51.0 Å². The van der Waals surface area contributed by atoms with Crippen LogP contribution in [0.15, 0.2) is 158 Å². The molecule has 0 unspecified atom stereocenters. The van der Waals surface area contributed by atoms with Crippen LogP contribution in [-0.2, 0) is 0 Å². The molecule has 9 rings (SSSR count). The zero-order chi connectivity index (χ0) is 32.2. The first-order chi connectivity index (χ1) is 23.7. The monoisotopic (exact) mass is 610 g/mol. The summed E-state index contributed by atoms with van der Waals surface area (Å²) in [5.41, 5.74) is 11.0. The molecule has 0 aliphatic carbocycles. The Hall–Kier alpha value is -6.88. The first kappa shape index (κ1) is 27.4. The van der Waals surface area contributed by atoms with Crippen molar-refractivity contribution in [3.8, 4) is 45.8 Å². The molecule has 2 aromatic heterocycles. The predicted molar refractivity (Wildman–Crippen MR) is 195 cm³/mol. The number of nitriles is 2. The van der Waals surface area contributed by atoms with E-state index in [2.05, 4.69) is 149 Å². The molecule has 0 N–H and O–H groups in total. The van der Waals surface area contributed by atoms with Gasteiger partial charge in [-0.2, -0.15) is 10.5 Å². The van der Waals surface area contributed by atoms with Gasteiger partial charge in [-0.25, -0.2) is 0 Å². The molecule has 48 heavy (non-hydrogen) atoms. The molecule has 7 aromatic carbocycles. The minimum absolute atomic E-state index is 0.557. The van der Waals surface area contributed by atoms with E-state index in [1.165, 1.54) is 10.8 Å². The normalized spacial score (nSPS) is 11.3. The van der Waals surface area contributed by atoms with E-state index in [-0.39, 0.29) is 0 Å². The number of nitrogens with zero attached hydrogens (tertiary/aromatic N) is 4. The lowest BCUT2D eigenvalue weighted by molar-refractivity contribution is 1.18. The third kappa shape index (κ3) is 4.07. The fraction of sp³-hybridized carbons (Fsp3) is 0. The van der Waals surface area contributed by atoms with Crippen LogP contribution < -0.4 is 0 Å². The third-order valence-corrected chi connectivity index (χ3v) is 9.39. The van der Waals surface area contributed by atoms with Gasteiger partial charge in [-0.1, -0.05) is 97.1 Å². The van der Waals surface area contributed by atoms with Crippen molar-refractivity contribution in [3.63, 3.8) is 0 Å². The Kier molecular flexibility index (Phi) is 6.22. The van der Waals surface area contributed by atoms with Crippen molar-refractivity contribution in [3.05, 3.63) is 169 Å². The van der Waals surface area contributed by atoms with E-state index in [4.69, 9.17) is 0 Å². The number of fused-ring (bicyclic) bond motifs is 6. The Labute approximate surface area is 277 Å². The highest BCUT2D eigenvalue weighted by Crippen LogP contribution is 2.42. The Balaban J connectivity index is 1.33. The van der Waals surface area contributed by atoms with E-state index < -0.39 is 0 Å². The van der Waals surface area contributed by atoms with Crippen molar-refractivity contribution in [1.82, 2.24) is 9.13 Å². The number of para-hydroxylation sites is 4. The van der Waals surface area contributed by atoms with Gasteiger partial charge in [-0.05, 0) is 71.8 Å². The van der Waals surface area contributed by atoms with Crippen LogP contribution in [0.5, 0.6) is 0 Å². The summed E-state index contributed by atoms with van der Waals surface area (Å²) in [6, 6.07) is 58.8. The van der Waals surface area contributed by atoms with E-state index in [1.54, 1.807) is 0 Å². The summed E-state index contributed by atoms with van der Waals surface area (Å²) in [6.07, 6.45) is 0. The van der Waals surface area contributed by atoms with Crippen molar-refractivity contribution in [1.29, 1.82) is 10.5 Å². The molecular weight excluding hydrogens is 585 g/mol. The number of aromatic nitrogens is 2. The van der Waals surface area contributed by atoms with Crippen LogP contribution in [-0.4, -0.2) is 9.13 Å². The zero-order valence-electron chi connectivity index (χ0n) is 25.8. The van der Waals surface area contributed by atoms with Crippen LogP contribution in [0, 0.1) is 22.7 Å². The van der Waals surface area contributed by atoms with Gasteiger partial charge in [0.1, 0.15) is 0 Å². The molecular formula is C44H26N4. The van der Waals surface area contributed by atoms with Crippen LogP contribution in [0.1, 0.15) is 11.1 Å². The maximum atomic E-state index is 10.5. The van der Waals surface area contributed by atoms with E-state index in [9.17, 15) is 10.5 Å². The number of hydrogen-bond donors (Lipinski definition) is 0. The van der Waals surface area contributed by atoms with Crippen LogP contribution in [0.2, 0.25) is 0 Å². The number of benzene rings is 7. The minimum atomic E-state index is 0.557. The number of rotatable bonds is 4. The molecule has 0 saturated carbocycles. The molecule has 0 saturated heterocycles. The molecule has 0 bridgehead atoms. The lowest BCUT2D eigenvalue weighted by atomic mass is 9.89. The maximum Gasteiger partial charge on any atom is 0.0998 e.